The molecule has 0 amide bonds. The first kappa shape index (κ1) is 16.3. The van der Waals surface area contributed by atoms with Gasteiger partial charge in [-0.05, 0) is 24.5 Å². The molecule has 0 bridgehead atoms. The Bertz CT molecular complexity index is 803. The molecule has 25 heavy (non-hydrogen) atoms. The molecule has 1 heterocycles. The molecule has 2 aromatic rings. The van der Waals surface area contributed by atoms with Gasteiger partial charge in [-0.2, -0.15) is 20.7 Å². The first-order valence-corrected chi connectivity index (χ1v) is 7.98. The van der Waals surface area contributed by atoms with Crippen molar-refractivity contribution in [2.45, 2.75) is 24.4 Å². The summed E-state index contributed by atoms with van der Waals surface area (Å²) < 4.78 is 0. The highest BCUT2D eigenvalue weighted by molar-refractivity contribution is 5.51. The minimum atomic E-state index is -1.01. The molecule has 1 aliphatic heterocycles. The Kier molecular flexibility index (Phi) is 3.51. The van der Waals surface area contributed by atoms with E-state index in [1.165, 1.54) is 12.1 Å². The van der Waals surface area contributed by atoms with Crippen LogP contribution in [0.5, 0.6) is 0 Å². The molecule has 1 fully saturated rings. The normalized spacial score (nSPS) is 32.3. The van der Waals surface area contributed by atoms with Gasteiger partial charge >= 0.3 is 0 Å². The van der Waals surface area contributed by atoms with E-state index in [1.54, 1.807) is 24.3 Å². The fourth-order valence-corrected chi connectivity index (χ4v) is 3.79. The molecule has 130 valence electrons. The minimum Gasteiger partial charge on any atom is -0.595 e. The quantitative estimate of drug-likeness (QED) is 0.619. The van der Waals surface area contributed by atoms with Gasteiger partial charge in [0.05, 0.1) is 5.54 Å². The number of hydrogen-bond donors (Lipinski definition) is 4. The van der Waals surface area contributed by atoms with E-state index >= 15 is 0 Å². The van der Waals surface area contributed by atoms with Crippen LogP contribution in [-0.4, -0.2) is 16.0 Å². The average molecular weight is 342 g/mol. The SMILES string of the molecule is CC12CC1C(c1cccc([NH+]([O-])O)c1)(c1cccc([NH+]([O-])O)c1)N=N2. The van der Waals surface area contributed by atoms with Gasteiger partial charge in [-0.15, -0.1) is 0 Å². The molecule has 2 aliphatic rings. The maximum absolute atomic E-state index is 11.4. The zero-order chi connectivity index (χ0) is 17.8. The van der Waals surface area contributed by atoms with Gasteiger partial charge in [0.25, 0.3) is 0 Å². The lowest BCUT2D eigenvalue weighted by atomic mass is 9.78. The van der Waals surface area contributed by atoms with Crippen LogP contribution in [0.2, 0.25) is 0 Å². The topological polar surface area (TPSA) is 120 Å². The van der Waals surface area contributed by atoms with Crippen LogP contribution >= 0.6 is 0 Å². The van der Waals surface area contributed by atoms with Gasteiger partial charge in [0.1, 0.15) is 5.54 Å². The fraction of sp³-hybridized carbons (Fsp3) is 0.294. The van der Waals surface area contributed by atoms with Crippen molar-refractivity contribution in [3.8, 4) is 0 Å². The van der Waals surface area contributed by atoms with Gasteiger partial charge in [-0.3, -0.25) is 0 Å². The summed E-state index contributed by atoms with van der Waals surface area (Å²) in [5.74, 6) is 0.0908. The Morgan fingerprint density at radius 3 is 1.84 bits per heavy atom. The number of quaternary nitrogens is 2. The first-order chi connectivity index (χ1) is 11.9. The lowest BCUT2D eigenvalue weighted by molar-refractivity contribution is -0.991. The van der Waals surface area contributed by atoms with Crippen molar-refractivity contribution in [3.63, 3.8) is 0 Å². The molecule has 4 atom stereocenters. The van der Waals surface area contributed by atoms with E-state index in [9.17, 15) is 20.8 Å². The second kappa shape index (κ2) is 5.40. The summed E-state index contributed by atoms with van der Waals surface area (Å²) in [4.78, 5) is 0. The van der Waals surface area contributed by atoms with Gasteiger partial charge in [-0.1, -0.05) is 24.3 Å². The largest absolute Gasteiger partial charge is 0.595 e. The maximum Gasteiger partial charge on any atom is 0.164 e. The van der Waals surface area contributed by atoms with E-state index in [2.05, 4.69) is 10.2 Å². The second-order valence-electron chi connectivity index (χ2n) is 6.85. The molecule has 0 radical (unpaired) electrons. The predicted molar refractivity (Wildman–Crippen MR) is 86.6 cm³/mol. The van der Waals surface area contributed by atoms with Gasteiger partial charge in [0, 0.05) is 30.2 Å². The van der Waals surface area contributed by atoms with Crippen molar-refractivity contribution in [2.24, 2.45) is 16.1 Å². The van der Waals surface area contributed by atoms with Crippen molar-refractivity contribution in [1.29, 1.82) is 0 Å². The molecule has 8 heteroatoms. The molecule has 1 saturated carbocycles. The van der Waals surface area contributed by atoms with Crippen LogP contribution in [-0.2, 0) is 5.54 Å². The molecule has 4 N–H and O–H groups in total. The monoisotopic (exact) mass is 342 g/mol. The predicted octanol–water partition coefficient (Wildman–Crippen LogP) is 0.981. The number of nitrogens with one attached hydrogen (secondary N) is 2. The molecular weight excluding hydrogens is 324 g/mol. The molecule has 0 spiro atoms. The molecule has 4 unspecified atom stereocenters. The van der Waals surface area contributed by atoms with Crippen LogP contribution in [0, 0.1) is 16.3 Å². The number of fused-ring (bicyclic) bond motifs is 1. The summed E-state index contributed by atoms with van der Waals surface area (Å²) in [6.45, 7) is 2.02. The average Bonchev–Trinajstić information content (AvgIpc) is 3.19. The molecule has 0 saturated heterocycles. The summed E-state index contributed by atoms with van der Waals surface area (Å²) in [5.41, 5.74) is 0.700. The minimum absolute atomic E-state index is 0.0908. The molecule has 4 rings (SSSR count). The summed E-state index contributed by atoms with van der Waals surface area (Å²) in [6, 6.07) is 13.3. The van der Waals surface area contributed by atoms with Gasteiger partial charge in [0.15, 0.2) is 11.4 Å². The highest BCUT2D eigenvalue weighted by atomic mass is 16.8. The molecule has 0 aromatic heterocycles. The Hall–Kier alpha value is -2.20. The third-order valence-electron chi connectivity index (χ3n) is 5.25. The second-order valence-corrected chi connectivity index (χ2v) is 6.85. The lowest BCUT2D eigenvalue weighted by Gasteiger charge is -2.29. The Balaban J connectivity index is 1.90. The zero-order valence-electron chi connectivity index (χ0n) is 13.5. The summed E-state index contributed by atoms with van der Waals surface area (Å²) in [7, 11) is 0. The first-order valence-electron chi connectivity index (χ1n) is 7.98. The number of nitrogens with zero attached hydrogens (tertiary/aromatic N) is 2. The van der Waals surface area contributed by atoms with E-state index in [4.69, 9.17) is 0 Å². The molecule has 8 nitrogen and oxygen atoms in total. The third-order valence-corrected chi connectivity index (χ3v) is 5.25. The number of benzene rings is 2. The Morgan fingerprint density at radius 2 is 1.48 bits per heavy atom. The van der Waals surface area contributed by atoms with Gasteiger partial charge in [-0.25, -0.2) is 10.4 Å². The van der Waals surface area contributed by atoms with E-state index in [-0.39, 0.29) is 22.8 Å². The van der Waals surface area contributed by atoms with E-state index in [0.29, 0.717) is 0 Å². The Morgan fingerprint density at radius 1 is 0.960 bits per heavy atom. The van der Waals surface area contributed by atoms with E-state index < -0.39 is 16.0 Å². The van der Waals surface area contributed by atoms with Crippen LogP contribution in [0.4, 0.5) is 11.4 Å². The van der Waals surface area contributed by atoms with Crippen molar-refractivity contribution in [3.05, 3.63) is 70.1 Å². The fourth-order valence-electron chi connectivity index (χ4n) is 3.79. The van der Waals surface area contributed by atoms with Crippen LogP contribution in [0.25, 0.3) is 0 Å². The molecular formula is C17H18N4O4. The molecule has 1 aliphatic carbocycles. The molecule has 2 aromatic carbocycles. The van der Waals surface area contributed by atoms with E-state index in [1.807, 2.05) is 19.1 Å². The van der Waals surface area contributed by atoms with Crippen molar-refractivity contribution >= 4 is 11.4 Å². The van der Waals surface area contributed by atoms with Crippen molar-refractivity contribution < 1.29 is 20.9 Å². The zero-order valence-corrected chi connectivity index (χ0v) is 13.5. The highest BCUT2D eigenvalue weighted by Gasteiger charge is 2.67. The van der Waals surface area contributed by atoms with Crippen LogP contribution in [0.1, 0.15) is 24.5 Å². The smallest absolute Gasteiger partial charge is 0.164 e. The maximum atomic E-state index is 11.4. The standard InChI is InChI=1S/C17H18N4O4/c1-16-10-15(16)17(19-18-16,11-4-2-6-13(8-11)20(22)23)12-5-3-7-14(9-12)21(24)25/h2-9,15,20-22,24H,10H2,1H3. The Labute approximate surface area is 143 Å². The number of rotatable bonds is 4. The van der Waals surface area contributed by atoms with Crippen molar-refractivity contribution in [2.75, 3.05) is 0 Å². The summed E-state index contributed by atoms with van der Waals surface area (Å²) in [6.07, 6.45) is 0.838. The number of hydrogen-bond acceptors (Lipinski definition) is 6. The van der Waals surface area contributed by atoms with Gasteiger partial charge in [0.2, 0.25) is 0 Å². The van der Waals surface area contributed by atoms with Crippen LogP contribution in [0.15, 0.2) is 58.8 Å². The number of azo groups is 1. The third kappa shape index (κ3) is 2.39. The lowest BCUT2D eigenvalue weighted by Crippen LogP contribution is -2.99. The van der Waals surface area contributed by atoms with Crippen LogP contribution in [0.3, 0.4) is 0 Å². The summed E-state index contributed by atoms with van der Waals surface area (Å²) in [5, 5.41) is 48.3. The van der Waals surface area contributed by atoms with E-state index in [0.717, 1.165) is 17.5 Å². The highest BCUT2D eigenvalue weighted by Crippen LogP contribution is 2.65. The van der Waals surface area contributed by atoms with Crippen molar-refractivity contribution in [1.82, 2.24) is 0 Å². The van der Waals surface area contributed by atoms with Gasteiger partial charge < -0.3 is 10.4 Å². The summed E-state index contributed by atoms with van der Waals surface area (Å²) >= 11 is 0. The van der Waals surface area contributed by atoms with Crippen LogP contribution < -0.4 is 10.5 Å².